The van der Waals surface area contributed by atoms with Crippen molar-refractivity contribution in [2.75, 3.05) is 19.3 Å². The zero-order valence-corrected chi connectivity index (χ0v) is 13.8. The zero-order chi connectivity index (χ0) is 14.9. The number of nitrogens with zero attached hydrogens (tertiary/aromatic N) is 1. The maximum Gasteiger partial charge on any atom is 0.236 e. The Balaban J connectivity index is 1.45. The molecule has 1 amide bonds. The average molecular weight is 312 g/mol. The van der Waals surface area contributed by atoms with Gasteiger partial charge in [0.2, 0.25) is 5.91 Å². The van der Waals surface area contributed by atoms with Gasteiger partial charge in [0.25, 0.3) is 0 Å². The molecule has 0 spiro atoms. The lowest BCUT2D eigenvalue weighted by molar-refractivity contribution is -0.122. The molecule has 3 rings (SSSR count). The standard InChI is InChI=1S/C16H28N2O2S/c1-21-16(8-9-16)15(20)17-12-6-10-18(11-7-12)13-4-2-3-5-14(13)19/h12-14,19H,2-11H2,1H3,(H,17,20)/t13-,14+/m1/s1. The van der Waals surface area contributed by atoms with Gasteiger partial charge in [0.15, 0.2) is 0 Å². The molecule has 5 heteroatoms. The maximum absolute atomic E-state index is 12.3. The summed E-state index contributed by atoms with van der Waals surface area (Å²) in [4.78, 5) is 14.7. The first-order valence-corrected chi connectivity index (χ1v) is 9.65. The molecule has 1 aliphatic heterocycles. The number of hydrogen-bond acceptors (Lipinski definition) is 4. The number of amides is 1. The summed E-state index contributed by atoms with van der Waals surface area (Å²) < 4.78 is -0.100. The van der Waals surface area contributed by atoms with Gasteiger partial charge in [-0.05, 0) is 44.8 Å². The first-order chi connectivity index (χ1) is 10.1. The van der Waals surface area contributed by atoms with Gasteiger partial charge in [-0.15, -0.1) is 11.8 Å². The molecule has 1 heterocycles. The number of piperidine rings is 1. The van der Waals surface area contributed by atoms with Crippen LogP contribution in [0.4, 0.5) is 0 Å². The molecule has 0 bridgehead atoms. The summed E-state index contributed by atoms with van der Waals surface area (Å²) >= 11 is 1.70. The van der Waals surface area contributed by atoms with E-state index in [2.05, 4.69) is 10.2 Å². The Labute approximate surface area is 132 Å². The number of aliphatic hydroxyl groups is 1. The summed E-state index contributed by atoms with van der Waals surface area (Å²) in [5, 5.41) is 13.4. The molecule has 2 atom stereocenters. The SMILES string of the molecule is CSC1(C(=O)NC2CCN([C@@H]3CCCC[C@@H]3O)CC2)CC1. The first kappa shape index (κ1) is 15.6. The van der Waals surface area contributed by atoms with Crippen LogP contribution in [0.3, 0.4) is 0 Å². The van der Waals surface area contributed by atoms with Crippen LogP contribution in [0, 0.1) is 0 Å². The molecule has 3 aliphatic rings. The van der Waals surface area contributed by atoms with Crippen LogP contribution in [-0.2, 0) is 4.79 Å². The van der Waals surface area contributed by atoms with Gasteiger partial charge in [0.1, 0.15) is 0 Å². The highest BCUT2D eigenvalue weighted by molar-refractivity contribution is 8.01. The Kier molecular flexibility index (Phi) is 4.81. The number of rotatable bonds is 4. The van der Waals surface area contributed by atoms with Crippen molar-refractivity contribution >= 4 is 17.7 Å². The summed E-state index contributed by atoms with van der Waals surface area (Å²) in [5.74, 6) is 0.256. The van der Waals surface area contributed by atoms with Crippen LogP contribution in [0.2, 0.25) is 0 Å². The van der Waals surface area contributed by atoms with Gasteiger partial charge in [-0.2, -0.15) is 0 Å². The molecular weight excluding hydrogens is 284 g/mol. The number of carbonyl (C=O) groups is 1. The predicted octanol–water partition coefficient (Wildman–Crippen LogP) is 1.77. The Bertz CT molecular complexity index is 378. The van der Waals surface area contributed by atoms with Crippen LogP contribution in [0.5, 0.6) is 0 Å². The Morgan fingerprint density at radius 2 is 1.86 bits per heavy atom. The Morgan fingerprint density at radius 3 is 2.43 bits per heavy atom. The van der Waals surface area contributed by atoms with Gasteiger partial charge in [-0.25, -0.2) is 0 Å². The third-order valence-corrected chi connectivity index (χ3v) is 6.91. The highest BCUT2D eigenvalue weighted by atomic mass is 32.2. The van der Waals surface area contributed by atoms with Crippen molar-refractivity contribution in [2.24, 2.45) is 0 Å². The minimum absolute atomic E-state index is 0.100. The van der Waals surface area contributed by atoms with Gasteiger partial charge < -0.3 is 10.4 Å². The second kappa shape index (κ2) is 6.47. The monoisotopic (exact) mass is 312 g/mol. The lowest BCUT2D eigenvalue weighted by Gasteiger charge is -2.41. The third-order valence-electron chi connectivity index (χ3n) is 5.54. The van der Waals surface area contributed by atoms with E-state index in [0.717, 1.165) is 51.6 Å². The molecule has 3 fully saturated rings. The smallest absolute Gasteiger partial charge is 0.236 e. The number of aliphatic hydroxyl groups excluding tert-OH is 1. The van der Waals surface area contributed by atoms with Crippen molar-refractivity contribution in [2.45, 2.75) is 74.3 Å². The number of likely N-dealkylation sites (tertiary alicyclic amines) is 1. The summed E-state index contributed by atoms with van der Waals surface area (Å²) in [5.41, 5.74) is 0. The highest BCUT2D eigenvalue weighted by Gasteiger charge is 2.49. The van der Waals surface area contributed by atoms with E-state index in [1.165, 1.54) is 12.8 Å². The minimum atomic E-state index is -0.142. The fourth-order valence-electron chi connectivity index (χ4n) is 3.85. The van der Waals surface area contributed by atoms with Crippen LogP contribution in [0.1, 0.15) is 51.4 Å². The fraction of sp³-hybridized carbons (Fsp3) is 0.938. The van der Waals surface area contributed by atoms with Crippen LogP contribution in [-0.4, -0.2) is 58.2 Å². The first-order valence-electron chi connectivity index (χ1n) is 8.43. The molecule has 0 aromatic heterocycles. The summed E-state index contributed by atoms with van der Waals surface area (Å²) in [6, 6.07) is 0.690. The second-order valence-electron chi connectivity index (χ2n) is 6.90. The molecule has 2 N–H and O–H groups in total. The highest BCUT2D eigenvalue weighted by Crippen LogP contribution is 2.47. The number of nitrogens with one attached hydrogen (secondary N) is 1. The van der Waals surface area contributed by atoms with E-state index in [1.807, 2.05) is 6.26 Å². The van der Waals surface area contributed by atoms with E-state index in [4.69, 9.17) is 0 Å². The van der Waals surface area contributed by atoms with E-state index in [-0.39, 0.29) is 16.8 Å². The summed E-state index contributed by atoms with van der Waals surface area (Å²) in [6.07, 6.45) is 10.5. The molecule has 4 nitrogen and oxygen atoms in total. The van der Waals surface area contributed by atoms with Gasteiger partial charge in [0, 0.05) is 25.2 Å². The predicted molar refractivity (Wildman–Crippen MR) is 86.5 cm³/mol. The van der Waals surface area contributed by atoms with E-state index >= 15 is 0 Å². The van der Waals surface area contributed by atoms with Crippen LogP contribution in [0.15, 0.2) is 0 Å². The van der Waals surface area contributed by atoms with E-state index in [9.17, 15) is 9.90 Å². The zero-order valence-electron chi connectivity index (χ0n) is 13.0. The van der Waals surface area contributed by atoms with Gasteiger partial charge >= 0.3 is 0 Å². The Morgan fingerprint density at radius 1 is 1.19 bits per heavy atom. The van der Waals surface area contributed by atoms with Crippen LogP contribution >= 0.6 is 11.8 Å². The van der Waals surface area contributed by atoms with Crippen molar-refractivity contribution in [1.82, 2.24) is 10.2 Å². The molecule has 2 aliphatic carbocycles. The molecule has 0 aromatic carbocycles. The average Bonchev–Trinajstić information content (AvgIpc) is 3.30. The number of carbonyl (C=O) groups excluding carboxylic acids is 1. The van der Waals surface area contributed by atoms with E-state index in [0.29, 0.717) is 12.1 Å². The molecule has 120 valence electrons. The normalized spacial score (nSPS) is 33.6. The molecule has 0 aromatic rings. The molecule has 21 heavy (non-hydrogen) atoms. The number of hydrogen-bond donors (Lipinski definition) is 2. The second-order valence-corrected chi connectivity index (χ2v) is 8.09. The Hall–Kier alpha value is -0.260. The van der Waals surface area contributed by atoms with Crippen LogP contribution in [0.25, 0.3) is 0 Å². The topological polar surface area (TPSA) is 52.6 Å². The van der Waals surface area contributed by atoms with Crippen molar-refractivity contribution in [3.63, 3.8) is 0 Å². The van der Waals surface area contributed by atoms with Crippen molar-refractivity contribution in [3.05, 3.63) is 0 Å². The van der Waals surface area contributed by atoms with E-state index < -0.39 is 0 Å². The van der Waals surface area contributed by atoms with Gasteiger partial charge in [0.05, 0.1) is 10.9 Å². The minimum Gasteiger partial charge on any atom is -0.391 e. The maximum atomic E-state index is 12.3. The lowest BCUT2D eigenvalue weighted by atomic mass is 9.89. The van der Waals surface area contributed by atoms with E-state index in [1.54, 1.807) is 11.8 Å². The molecule has 0 radical (unpaired) electrons. The lowest BCUT2D eigenvalue weighted by Crippen LogP contribution is -2.53. The molecule has 2 saturated carbocycles. The van der Waals surface area contributed by atoms with Gasteiger partial charge in [-0.1, -0.05) is 12.8 Å². The fourth-order valence-corrected chi connectivity index (χ4v) is 4.60. The summed E-state index contributed by atoms with van der Waals surface area (Å²) in [7, 11) is 0. The number of thioether (sulfide) groups is 1. The quantitative estimate of drug-likeness (QED) is 0.831. The molecular formula is C16H28N2O2S. The van der Waals surface area contributed by atoms with Crippen molar-refractivity contribution in [3.8, 4) is 0 Å². The third kappa shape index (κ3) is 3.40. The van der Waals surface area contributed by atoms with Gasteiger partial charge in [-0.3, -0.25) is 9.69 Å². The van der Waals surface area contributed by atoms with Crippen molar-refractivity contribution in [1.29, 1.82) is 0 Å². The largest absolute Gasteiger partial charge is 0.391 e. The summed E-state index contributed by atoms with van der Waals surface area (Å²) in [6.45, 7) is 2.03. The molecule has 1 saturated heterocycles. The van der Waals surface area contributed by atoms with Crippen LogP contribution < -0.4 is 5.32 Å². The molecule has 0 unspecified atom stereocenters. The van der Waals surface area contributed by atoms with Crippen molar-refractivity contribution < 1.29 is 9.90 Å².